The van der Waals surface area contributed by atoms with Gasteiger partial charge in [-0.05, 0) is 32.1 Å². The fraction of sp³-hybridized carbons (Fsp3) is 0.500. The highest BCUT2D eigenvalue weighted by Gasteiger charge is 2.31. The second kappa shape index (κ2) is 5.40. The molecule has 2 rings (SSSR count). The molecule has 0 aliphatic carbocycles. The lowest BCUT2D eigenvalue weighted by Crippen LogP contribution is -2.38. The first-order valence-electron chi connectivity index (χ1n) is 6.38. The monoisotopic (exact) mass is 246 g/mol. The molecule has 0 spiro atoms. The molecule has 1 aliphatic rings. The van der Waals surface area contributed by atoms with Gasteiger partial charge < -0.3 is 15.5 Å². The van der Waals surface area contributed by atoms with Crippen molar-refractivity contribution < 1.29 is 0 Å². The Morgan fingerprint density at radius 2 is 1.94 bits per heavy atom. The van der Waals surface area contributed by atoms with Crippen LogP contribution in [0.5, 0.6) is 0 Å². The number of nitrogens with zero attached hydrogens (tertiary/aromatic N) is 3. The van der Waals surface area contributed by atoms with Crippen LogP contribution in [0, 0.1) is 5.92 Å². The molecule has 0 aromatic heterocycles. The van der Waals surface area contributed by atoms with E-state index in [1.807, 2.05) is 30.3 Å². The standard InChI is InChI=1S/C14H22N4/c1-11-9-18(10-13(11)17(2)3)14(15)16-12-7-5-4-6-8-12/h4-8,11,13H,9-10H2,1-3H3,(H2,15,16). The smallest absolute Gasteiger partial charge is 0.196 e. The number of likely N-dealkylation sites (tertiary alicyclic amines) is 1. The van der Waals surface area contributed by atoms with E-state index in [1.54, 1.807) is 0 Å². The summed E-state index contributed by atoms with van der Waals surface area (Å²) >= 11 is 0. The van der Waals surface area contributed by atoms with E-state index in [2.05, 4.69) is 35.8 Å². The van der Waals surface area contributed by atoms with Gasteiger partial charge in [-0.3, -0.25) is 0 Å². The van der Waals surface area contributed by atoms with Crippen molar-refractivity contribution in [2.75, 3.05) is 27.2 Å². The minimum atomic E-state index is 0.550. The third kappa shape index (κ3) is 2.82. The van der Waals surface area contributed by atoms with Gasteiger partial charge in [0.1, 0.15) is 0 Å². The maximum absolute atomic E-state index is 6.09. The Balaban J connectivity index is 2.07. The first-order valence-corrected chi connectivity index (χ1v) is 6.38. The summed E-state index contributed by atoms with van der Waals surface area (Å²) in [5.74, 6) is 1.24. The van der Waals surface area contributed by atoms with Crippen molar-refractivity contribution in [1.82, 2.24) is 9.80 Å². The number of likely N-dealkylation sites (N-methyl/N-ethyl adjacent to an activating group) is 1. The highest BCUT2D eigenvalue weighted by Crippen LogP contribution is 2.20. The van der Waals surface area contributed by atoms with Crippen LogP contribution in [0.4, 0.5) is 5.69 Å². The van der Waals surface area contributed by atoms with Crippen molar-refractivity contribution in [3.63, 3.8) is 0 Å². The molecule has 1 aliphatic heterocycles. The summed E-state index contributed by atoms with van der Waals surface area (Å²) in [7, 11) is 4.24. The molecule has 1 fully saturated rings. The van der Waals surface area contributed by atoms with E-state index >= 15 is 0 Å². The molecule has 1 aromatic carbocycles. The zero-order valence-corrected chi connectivity index (χ0v) is 11.4. The van der Waals surface area contributed by atoms with Crippen molar-refractivity contribution in [1.29, 1.82) is 0 Å². The Morgan fingerprint density at radius 3 is 2.50 bits per heavy atom. The van der Waals surface area contributed by atoms with Crippen molar-refractivity contribution in [3.05, 3.63) is 30.3 Å². The Bertz CT molecular complexity index is 413. The van der Waals surface area contributed by atoms with E-state index in [4.69, 9.17) is 5.73 Å². The van der Waals surface area contributed by atoms with Gasteiger partial charge in [0.2, 0.25) is 0 Å². The van der Waals surface area contributed by atoms with Crippen LogP contribution < -0.4 is 5.73 Å². The molecule has 1 aromatic rings. The number of guanidine groups is 1. The molecule has 0 saturated carbocycles. The Kier molecular flexibility index (Phi) is 3.87. The largest absolute Gasteiger partial charge is 0.369 e. The fourth-order valence-corrected chi connectivity index (χ4v) is 2.51. The molecule has 0 radical (unpaired) electrons. The normalized spacial score (nSPS) is 24.9. The summed E-state index contributed by atoms with van der Waals surface area (Å²) in [5, 5.41) is 0. The first-order chi connectivity index (χ1) is 8.58. The zero-order valence-electron chi connectivity index (χ0n) is 11.4. The summed E-state index contributed by atoms with van der Waals surface area (Å²) in [5.41, 5.74) is 7.01. The number of benzene rings is 1. The predicted octanol–water partition coefficient (Wildman–Crippen LogP) is 1.51. The number of para-hydroxylation sites is 1. The lowest BCUT2D eigenvalue weighted by molar-refractivity contribution is 0.262. The molecule has 2 atom stereocenters. The number of hydrogen-bond acceptors (Lipinski definition) is 2. The summed E-state index contributed by atoms with van der Waals surface area (Å²) in [6.07, 6.45) is 0. The van der Waals surface area contributed by atoms with Crippen molar-refractivity contribution in [3.8, 4) is 0 Å². The van der Waals surface area contributed by atoms with Crippen LogP contribution in [0.1, 0.15) is 6.92 Å². The molecule has 4 nitrogen and oxygen atoms in total. The Morgan fingerprint density at radius 1 is 1.28 bits per heavy atom. The molecule has 2 unspecified atom stereocenters. The number of rotatable bonds is 2. The second-order valence-electron chi connectivity index (χ2n) is 5.22. The highest BCUT2D eigenvalue weighted by molar-refractivity contribution is 5.81. The molecule has 1 saturated heterocycles. The van der Waals surface area contributed by atoms with Gasteiger partial charge in [-0.1, -0.05) is 25.1 Å². The molecule has 0 amide bonds. The summed E-state index contributed by atoms with van der Waals surface area (Å²) < 4.78 is 0. The van der Waals surface area contributed by atoms with Crippen LogP contribution in [0.25, 0.3) is 0 Å². The molecule has 98 valence electrons. The van der Waals surface area contributed by atoms with Crippen LogP contribution in [0.15, 0.2) is 35.3 Å². The quantitative estimate of drug-likeness (QED) is 0.635. The molecular weight excluding hydrogens is 224 g/mol. The maximum Gasteiger partial charge on any atom is 0.196 e. The lowest BCUT2D eigenvalue weighted by atomic mass is 10.1. The van der Waals surface area contributed by atoms with Crippen molar-refractivity contribution in [2.24, 2.45) is 16.6 Å². The van der Waals surface area contributed by atoms with Gasteiger partial charge in [0, 0.05) is 19.1 Å². The van der Waals surface area contributed by atoms with Gasteiger partial charge in [0.15, 0.2) is 5.96 Å². The Hall–Kier alpha value is -1.55. The highest BCUT2D eigenvalue weighted by atomic mass is 15.3. The van der Waals surface area contributed by atoms with Crippen LogP contribution >= 0.6 is 0 Å². The summed E-state index contributed by atoms with van der Waals surface area (Å²) in [6.45, 7) is 4.20. The third-order valence-electron chi connectivity index (χ3n) is 3.56. The summed E-state index contributed by atoms with van der Waals surface area (Å²) in [4.78, 5) is 8.90. The fourth-order valence-electron chi connectivity index (χ4n) is 2.51. The van der Waals surface area contributed by atoms with Crippen LogP contribution in [0.3, 0.4) is 0 Å². The van der Waals surface area contributed by atoms with Gasteiger partial charge in [-0.2, -0.15) is 0 Å². The van der Waals surface area contributed by atoms with Gasteiger partial charge >= 0.3 is 0 Å². The van der Waals surface area contributed by atoms with Crippen LogP contribution in [0.2, 0.25) is 0 Å². The van der Waals surface area contributed by atoms with E-state index in [-0.39, 0.29) is 0 Å². The first kappa shape index (κ1) is 12.9. The van der Waals surface area contributed by atoms with Gasteiger partial charge in [-0.15, -0.1) is 0 Å². The summed E-state index contributed by atoms with van der Waals surface area (Å²) in [6, 6.07) is 10.4. The minimum Gasteiger partial charge on any atom is -0.369 e. The second-order valence-corrected chi connectivity index (χ2v) is 5.22. The molecule has 18 heavy (non-hydrogen) atoms. The van der Waals surface area contributed by atoms with E-state index in [0.29, 0.717) is 17.9 Å². The van der Waals surface area contributed by atoms with E-state index in [1.165, 1.54) is 0 Å². The van der Waals surface area contributed by atoms with E-state index in [9.17, 15) is 0 Å². The number of hydrogen-bond donors (Lipinski definition) is 1. The SMILES string of the molecule is CC1CN(C(N)=Nc2ccccc2)CC1N(C)C. The third-order valence-corrected chi connectivity index (χ3v) is 3.56. The van der Waals surface area contributed by atoms with Gasteiger partial charge in [0.05, 0.1) is 5.69 Å². The van der Waals surface area contributed by atoms with Crippen LogP contribution in [-0.4, -0.2) is 49.0 Å². The van der Waals surface area contributed by atoms with Gasteiger partial charge in [-0.25, -0.2) is 4.99 Å². The topological polar surface area (TPSA) is 44.9 Å². The zero-order chi connectivity index (χ0) is 13.1. The molecule has 2 N–H and O–H groups in total. The maximum atomic E-state index is 6.09. The van der Waals surface area contributed by atoms with Crippen LogP contribution in [-0.2, 0) is 0 Å². The number of aliphatic imine (C=N–C) groups is 1. The number of nitrogens with two attached hydrogens (primary N) is 1. The average molecular weight is 246 g/mol. The average Bonchev–Trinajstić information content (AvgIpc) is 2.73. The lowest BCUT2D eigenvalue weighted by Gasteiger charge is -2.22. The van der Waals surface area contributed by atoms with E-state index < -0.39 is 0 Å². The molecule has 1 heterocycles. The molecular formula is C14H22N4. The Labute approximate surface area is 109 Å². The predicted molar refractivity (Wildman–Crippen MR) is 75.9 cm³/mol. The molecule has 4 heteroatoms. The molecule has 0 bridgehead atoms. The minimum absolute atomic E-state index is 0.550. The van der Waals surface area contributed by atoms with Crippen molar-refractivity contribution >= 4 is 11.6 Å². The van der Waals surface area contributed by atoms with Crippen molar-refractivity contribution in [2.45, 2.75) is 13.0 Å². The van der Waals surface area contributed by atoms with Gasteiger partial charge in [0.25, 0.3) is 0 Å². The van der Waals surface area contributed by atoms with E-state index in [0.717, 1.165) is 18.8 Å².